The highest BCUT2D eigenvalue weighted by molar-refractivity contribution is 7.92. The Morgan fingerprint density at radius 1 is 1.21 bits per heavy atom. The Morgan fingerprint density at radius 3 is 1.89 bits per heavy atom. The van der Waals surface area contributed by atoms with E-state index in [1.165, 1.54) is 0 Å². The number of anilines is 1. The van der Waals surface area contributed by atoms with Gasteiger partial charge in [-0.25, -0.2) is 12.8 Å². The van der Waals surface area contributed by atoms with Gasteiger partial charge in [0.25, 0.3) is 0 Å². The molecule has 0 aliphatic heterocycles. The lowest BCUT2D eigenvalue weighted by molar-refractivity contribution is -0.392. The molecule has 1 aromatic rings. The topological polar surface area (TPSA) is 132 Å². The molecule has 1 aromatic carbocycles. The molecule has 0 bridgehead atoms. The summed E-state index contributed by atoms with van der Waals surface area (Å²) >= 11 is 0. The van der Waals surface area contributed by atoms with Crippen molar-refractivity contribution in [2.24, 2.45) is 0 Å². The summed E-state index contributed by atoms with van der Waals surface area (Å²) in [6.45, 7) is -1.15. The second-order valence-electron chi connectivity index (χ2n) is 3.53. The molecule has 9 nitrogen and oxygen atoms in total. The number of nitrogens with zero attached hydrogens (tertiary/aromatic N) is 2. The molecule has 19 heavy (non-hydrogen) atoms. The van der Waals surface area contributed by atoms with Crippen LogP contribution in [0.4, 0.5) is 21.5 Å². The largest absolute Gasteiger partial charge is 0.300 e. The van der Waals surface area contributed by atoms with Gasteiger partial charge in [0.05, 0.1) is 16.1 Å². The summed E-state index contributed by atoms with van der Waals surface area (Å²) < 4.78 is 36.3. The van der Waals surface area contributed by atoms with Crippen LogP contribution in [0.15, 0.2) is 12.1 Å². The number of sulfonamides is 1. The summed E-state index contributed by atoms with van der Waals surface area (Å²) in [5.74, 6) is 0. The van der Waals surface area contributed by atoms with E-state index in [9.17, 15) is 33.0 Å². The number of benzene rings is 1. The highest BCUT2D eigenvalue weighted by atomic mass is 32.2. The Hall–Kier alpha value is -2.30. The van der Waals surface area contributed by atoms with Crippen LogP contribution in [0, 0.1) is 20.2 Å². The molecule has 104 valence electrons. The normalized spacial score (nSPS) is 11.1. The lowest BCUT2D eigenvalue weighted by atomic mass is 10.1. The molecular formula is C8H8FN3O6S. The molecule has 1 rings (SSSR count). The Morgan fingerprint density at radius 2 is 1.63 bits per heavy atom. The predicted octanol–water partition coefficient (Wildman–Crippen LogP) is 1.34. The molecule has 0 amide bonds. The van der Waals surface area contributed by atoms with Gasteiger partial charge in [0.1, 0.15) is 6.67 Å². The first-order chi connectivity index (χ1) is 8.65. The van der Waals surface area contributed by atoms with Gasteiger partial charge in [-0.3, -0.25) is 25.0 Å². The van der Waals surface area contributed by atoms with Crippen LogP contribution in [-0.2, 0) is 16.7 Å². The molecule has 0 unspecified atom stereocenters. The van der Waals surface area contributed by atoms with Crippen molar-refractivity contribution in [3.63, 3.8) is 0 Å². The summed E-state index contributed by atoms with van der Waals surface area (Å²) in [5.41, 5.74) is -2.85. The van der Waals surface area contributed by atoms with Gasteiger partial charge in [0, 0.05) is 12.1 Å². The van der Waals surface area contributed by atoms with Gasteiger partial charge in [-0.05, 0) is 5.56 Å². The van der Waals surface area contributed by atoms with Gasteiger partial charge < -0.3 is 0 Å². The molecule has 1 N–H and O–H groups in total. The van der Waals surface area contributed by atoms with Crippen molar-refractivity contribution in [1.29, 1.82) is 0 Å². The molecule has 0 aliphatic carbocycles. The number of halogens is 1. The van der Waals surface area contributed by atoms with E-state index in [1.807, 2.05) is 0 Å². The quantitative estimate of drug-likeness (QED) is 0.643. The summed E-state index contributed by atoms with van der Waals surface area (Å²) in [6.07, 6.45) is 0.684. The monoisotopic (exact) mass is 293 g/mol. The van der Waals surface area contributed by atoms with Crippen LogP contribution in [0.1, 0.15) is 5.56 Å². The molecule has 0 aliphatic rings. The molecule has 11 heteroatoms. The second kappa shape index (κ2) is 5.14. The summed E-state index contributed by atoms with van der Waals surface area (Å²) in [6, 6.07) is 1.47. The molecule has 0 aromatic heterocycles. The first-order valence-electron chi connectivity index (χ1n) is 4.65. The standard InChI is InChI=1S/C8H8FN3O6S/c1-19(17,18)10-8-6(11(13)14)2-5(4-9)3-7(8)12(15)16/h2-3,10H,4H2,1H3. The number of rotatable bonds is 5. The molecule has 0 saturated carbocycles. The average Bonchev–Trinajstić information content (AvgIpc) is 2.26. The fourth-order valence-corrected chi connectivity index (χ4v) is 1.90. The van der Waals surface area contributed by atoms with Crippen molar-refractivity contribution < 1.29 is 22.7 Å². The van der Waals surface area contributed by atoms with Crippen molar-refractivity contribution in [2.75, 3.05) is 11.0 Å². The number of nitro groups is 2. The number of hydrogen-bond donors (Lipinski definition) is 1. The summed E-state index contributed by atoms with van der Waals surface area (Å²) in [4.78, 5) is 19.5. The third kappa shape index (κ3) is 3.58. The number of hydrogen-bond acceptors (Lipinski definition) is 6. The van der Waals surface area contributed by atoms with Crippen molar-refractivity contribution >= 4 is 27.1 Å². The van der Waals surface area contributed by atoms with Crippen molar-refractivity contribution in [2.45, 2.75) is 6.67 Å². The van der Waals surface area contributed by atoms with Crippen molar-refractivity contribution in [1.82, 2.24) is 0 Å². The van der Waals surface area contributed by atoms with E-state index < -0.39 is 43.6 Å². The van der Waals surface area contributed by atoms with E-state index >= 15 is 0 Å². The van der Waals surface area contributed by atoms with E-state index in [2.05, 4.69) is 0 Å². The molecule has 0 spiro atoms. The minimum absolute atomic E-state index is 0.294. The third-order valence-corrected chi connectivity index (χ3v) is 2.57. The van der Waals surface area contributed by atoms with E-state index in [4.69, 9.17) is 0 Å². The maximum absolute atomic E-state index is 12.5. The van der Waals surface area contributed by atoms with Crippen molar-refractivity contribution in [3.8, 4) is 0 Å². The zero-order chi connectivity index (χ0) is 14.8. The third-order valence-electron chi connectivity index (χ3n) is 1.99. The minimum atomic E-state index is -3.96. The number of nitrogens with one attached hydrogen (secondary N) is 1. The lowest BCUT2D eigenvalue weighted by Crippen LogP contribution is -2.13. The van der Waals surface area contributed by atoms with Crippen LogP contribution in [0.3, 0.4) is 0 Å². The maximum atomic E-state index is 12.5. The number of nitro benzene ring substituents is 2. The first kappa shape index (κ1) is 14.8. The zero-order valence-corrected chi connectivity index (χ0v) is 10.3. The van der Waals surface area contributed by atoms with Gasteiger partial charge >= 0.3 is 11.4 Å². The van der Waals surface area contributed by atoms with E-state index in [0.717, 1.165) is 12.1 Å². The van der Waals surface area contributed by atoms with Gasteiger partial charge in [0.2, 0.25) is 15.7 Å². The fraction of sp³-hybridized carbons (Fsp3) is 0.250. The Bertz CT molecular complexity index is 609. The molecule has 0 fully saturated rings. The highest BCUT2D eigenvalue weighted by Crippen LogP contribution is 2.36. The van der Waals surface area contributed by atoms with Crippen LogP contribution in [0.25, 0.3) is 0 Å². The zero-order valence-electron chi connectivity index (χ0n) is 9.49. The second-order valence-corrected chi connectivity index (χ2v) is 5.28. The van der Waals surface area contributed by atoms with Crippen LogP contribution in [-0.4, -0.2) is 24.5 Å². The smallest absolute Gasteiger partial charge is 0.272 e. The molecular weight excluding hydrogens is 285 g/mol. The highest BCUT2D eigenvalue weighted by Gasteiger charge is 2.28. The Kier molecular flexibility index (Phi) is 3.99. The average molecular weight is 293 g/mol. The maximum Gasteiger partial charge on any atom is 0.300 e. The first-order valence-corrected chi connectivity index (χ1v) is 6.54. The fourth-order valence-electron chi connectivity index (χ4n) is 1.32. The Balaban J connectivity index is 3.63. The van der Waals surface area contributed by atoms with E-state index in [-0.39, 0.29) is 5.56 Å². The summed E-state index contributed by atoms with van der Waals surface area (Å²) in [7, 11) is -3.96. The van der Waals surface area contributed by atoms with Crippen molar-refractivity contribution in [3.05, 3.63) is 37.9 Å². The SMILES string of the molecule is CS(=O)(=O)Nc1c([N+](=O)[O-])cc(CF)cc1[N+](=O)[O-]. The van der Waals surface area contributed by atoms with Gasteiger partial charge in [-0.1, -0.05) is 0 Å². The predicted molar refractivity (Wildman–Crippen MR) is 63.0 cm³/mol. The van der Waals surface area contributed by atoms with Gasteiger partial charge in [-0.15, -0.1) is 0 Å². The van der Waals surface area contributed by atoms with Gasteiger partial charge in [-0.2, -0.15) is 0 Å². The van der Waals surface area contributed by atoms with Gasteiger partial charge in [0.15, 0.2) is 0 Å². The molecule has 0 heterocycles. The van der Waals surface area contributed by atoms with Crippen LogP contribution < -0.4 is 4.72 Å². The van der Waals surface area contributed by atoms with Crippen LogP contribution in [0.5, 0.6) is 0 Å². The van der Waals surface area contributed by atoms with E-state index in [0.29, 0.717) is 6.26 Å². The van der Waals surface area contributed by atoms with Crippen LogP contribution >= 0.6 is 0 Å². The lowest BCUT2D eigenvalue weighted by Gasteiger charge is -2.07. The Labute approximate surface area is 106 Å². The van der Waals surface area contributed by atoms with E-state index in [1.54, 1.807) is 4.72 Å². The molecule has 0 radical (unpaired) electrons. The summed E-state index contributed by atoms with van der Waals surface area (Å²) in [5, 5.41) is 21.6. The molecule has 0 saturated heterocycles. The molecule has 0 atom stereocenters. The number of alkyl halides is 1. The van der Waals surface area contributed by atoms with Crippen LogP contribution in [0.2, 0.25) is 0 Å². The minimum Gasteiger partial charge on any atom is -0.272 e.